The van der Waals surface area contributed by atoms with Gasteiger partial charge in [0.2, 0.25) is 0 Å². The maximum Gasteiger partial charge on any atom is 0.120 e. The van der Waals surface area contributed by atoms with Crippen LogP contribution in [0, 0.1) is 5.41 Å². The molecule has 0 spiro atoms. The van der Waals surface area contributed by atoms with Crippen LogP contribution in [0.1, 0.15) is 19.4 Å². The molecule has 108 valence electrons. The predicted octanol–water partition coefficient (Wildman–Crippen LogP) is 2.96. The molecule has 0 radical (unpaired) electrons. The Hall–Kier alpha value is -1.58. The first-order valence-electron chi connectivity index (χ1n) is 7.01. The molecule has 0 unspecified atom stereocenters. The van der Waals surface area contributed by atoms with Crippen molar-refractivity contribution >= 4 is 10.8 Å². The highest BCUT2D eigenvalue weighted by molar-refractivity contribution is 5.87. The number of nitrogens with zero attached hydrogens (tertiary/aromatic N) is 1. The Bertz CT molecular complexity index is 593. The molecule has 0 aliphatic carbocycles. The van der Waals surface area contributed by atoms with Gasteiger partial charge in [-0.3, -0.25) is 0 Å². The quantitative estimate of drug-likeness (QED) is 0.880. The van der Waals surface area contributed by atoms with Crippen LogP contribution in [0.25, 0.3) is 10.8 Å². The van der Waals surface area contributed by atoms with Crippen LogP contribution >= 0.6 is 0 Å². The van der Waals surface area contributed by atoms with Gasteiger partial charge in [0, 0.05) is 18.7 Å². The maximum absolute atomic E-state index is 10.2. The van der Waals surface area contributed by atoms with Crippen molar-refractivity contribution in [3.8, 4) is 5.75 Å². The fourth-order valence-corrected chi connectivity index (χ4v) is 2.61. The molecule has 0 atom stereocenters. The van der Waals surface area contributed by atoms with E-state index in [0.717, 1.165) is 29.4 Å². The van der Waals surface area contributed by atoms with E-state index in [9.17, 15) is 5.11 Å². The third kappa shape index (κ3) is 3.30. The first kappa shape index (κ1) is 14.8. The van der Waals surface area contributed by atoms with Crippen LogP contribution < -0.4 is 5.73 Å². The van der Waals surface area contributed by atoms with Crippen molar-refractivity contribution in [3.05, 3.63) is 42.0 Å². The SMILES string of the molecule is CN(Cc1c(O)ccc2ccccc12)CC(C)(C)CN. The fraction of sp³-hybridized carbons (Fsp3) is 0.412. The summed E-state index contributed by atoms with van der Waals surface area (Å²) in [5.41, 5.74) is 6.86. The molecule has 0 amide bonds. The second-order valence-electron chi connectivity index (χ2n) is 6.33. The molecule has 0 aliphatic rings. The summed E-state index contributed by atoms with van der Waals surface area (Å²) in [5.74, 6) is 0.362. The zero-order chi connectivity index (χ0) is 14.8. The average Bonchev–Trinajstić information content (AvgIpc) is 2.41. The highest BCUT2D eigenvalue weighted by Gasteiger charge is 2.19. The standard InChI is InChI=1S/C17H24N2O/c1-17(2,11-18)12-19(3)10-15-14-7-5-4-6-13(14)8-9-16(15)20/h4-9,20H,10-12,18H2,1-3H3. The maximum atomic E-state index is 10.2. The van der Waals surface area contributed by atoms with Gasteiger partial charge in [0.15, 0.2) is 0 Å². The number of hydrogen-bond acceptors (Lipinski definition) is 3. The summed E-state index contributed by atoms with van der Waals surface area (Å²) < 4.78 is 0. The monoisotopic (exact) mass is 272 g/mol. The smallest absolute Gasteiger partial charge is 0.120 e. The normalized spacial score (nSPS) is 12.2. The third-order valence-corrected chi connectivity index (χ3v) is 3.69. The third-order valence-electron chi connectivity index (χ3n) is 3.69. The van der Waals surface area contributed by atoms with Crippen LogP contribution in [0.3, 0.4) is 0 Å². The molecule has 0 saturated heterocycles. The fourth-order valence-electron chi connectivity index (χ4n) is 2.61. The Morgan fingerprint density at radius 2 is 1.85 bits per heavy atom. The molecule has 2 aromatic rings. The number of hydrogen-bond donors (Lipinski definition) is 2. The molecule has 0 aliphatic heterocycles. The summed E-state index contributed by atoms with van der Waals surface area (Å²) >= 11 is 0. The van der Waals surface area contributed by atoms with Crippen LogP contribution in [0.15, 0.2) is 36.4 Å². The number of phenolic OH excluding ortho intramolecular Hbond substituents is 1. The second kappa shape index (κ2) is 5.81. The van der Waals surface area contributed by atoms with E-state index in [4.69, 9.17) is 5.73 Å². The molecule has 20 heavy (non-hydrogen) atoms. The van der Waals surface area contributed by atoms with Gasteiger partial charge in [-0.05, 0) is 35.8 Å². The Balaban J connectivity index is 2.27. The lowest BCUT2D eigenvalue weighted by molar-refractivity contribution is 0.209. The van der Waals surface area contributed by atoms with Gasteiger partial charge in [-0.1, -0.05) is 44.2 Å². The van der Waals surface area contributed by atoms with Crippen LogP contribution in [-0.2, 0) is 6.54 Å². The van der Waals surface area contributed by atoms with E-state index in [1.165, 1.54) is 0 Å². The second-order valence-corrected chi connectivity index (χ2v) is 6.33. The van der Waals surface area contributed by atoms with Gasteiger partial charge >= 0.3 is 0 Å². The van der Waals surface area contributed by atoms with Crippen LogP contribution in [0.4, 0.5) is 0 Å². The first-order valence-corrected chi connectivity index (χ1v) is 7.01. The summed E-state index contributed by atoms with van der Waals surface area (Å²) in [4.78, 5) is 2.22. The molecule has 0 bridgehead atoms. The van der Waals surface area contributed by atoms with E-state index in [-0.39, 0.29) is 5.41 Å². The van der Waals surface area contributed by atoms with Crippen molar-refractivity contribution in [2.24, 2.45) is 11.1 Å². The molecule has 2 aromatic carbocycles. The topological polar surface area (TPSA) is 49.5 Å². The molecule has 0 heterocycles. The molecule has 3 heteroatoms. The summed E-state index contributed by atoms with van der Waals surface area (Å²) in [6, 6.07) is 11.9. The van der Waals surface area contributed by atoms with Crippen molar-refractivity contribution in [2.45, 2.75) is 20.4 Å². The van der Waals surface area contributed by atoms with Gasteiger partial charge in [0.05, 0.1) is 0 Å². The van der Waals surface area contributed by atoms with Gasteiger partial charge < -0.3 is 15.7 Å². The molecule has 3 nitrogen and oxygen atoms in total. The summed E-state index contributed by atoms with van der Waals surface area (Å²) in [5, 5.41) is 12.4. The van der Waals surface area contributed by atoms with Crippen LogP contribution in [-0.4, -0.2) is 30.1 Å². The van der Waals surface area contributed by atoms with Crippen molar-refractivity contribution in [1.29, 1.82) is 0 Å². The van der Waals surface area contributed by atoms with E-state index in [0.29, 0.717) is 12.3 Å². The highest BCUT2D eigenvalue weighted by Crippen LogP contribution is 2.28. The van der Waals surface area contributed by atoms with E-state index in [1.54, 1.807) is 6.07 Å². The Kier molecular flexibility index (Phi) is 4.31. The molecule has 3 N–H and O–H groups in total. The van der Waals surface area contributed by atoms with Crippen molar-refractivity contribution in [3.63, 3.8) is 0 Å². The zero-order valence-corrected chi connectivity index (χ0v) is 12.6. The molecule has 0 saturated carbocycles. The number of aromatic hydroxyl groups is 1. The van der Waals surface area contributed by atoms with Gasteiger partial charge in [-0.15, -0.1) is 0 Å². The molecule has 0 fully saturated rings. The van der Waals surface area contributed by atoms with Gasteiger partial charge in [0.25, 0.3) is 0 Å². The van der Waals surface area contributed by atoms with Gasteiger partial charge in [-0.2, -0.15) is 0 Å². The average molecular weight is 272 g/mol. The lowest BCUT2D eigenvalue weighted by Gasteiger charge is -2.29. The number of phenols is 1. The van der Waals surface area contributed by atoms with Crippen molar-refractivity contribution in [1.82, 2.24) is 4.90 Å². The number of rotatable bonds is 5. The number of benzene rings is 2. The van der Waals surface area contributed by atoms with Crippen LogP contribution in [0.2, 0.25) is 0 Å². The van der Waals surface area contributed by atoms with Gasteiger partial charge in [0.1, 0.15) is 5.75 Å². The lowest BCUT2D eigenvalue weighted by Crippen LogP contribution is -2.36. The van der Waals surface area contributed by atoms with E-state index in [2.05, 4.69) is 37.9 Å². The minimum atomic E-state index is 0.0783. The van der Waals surface area contributed by atoms with Crippen molar-refractivity contribution < 1.29 is 5.11 Å². The van der Waals surface area contributed by atoms with Crippen LogP contribution in [0.5, 0.6) is 5.75 Å². The summed E-state index contributed by atoms with van der Waals surface area (Å²) in [7, 11) is 2.07. The van der Waals surface area contributed by atoms with E-state index >= 15 is 0 Å². The molecular weight excluding hydrogens is 248 g/mol. The zero-order valence-electron chi connectivity index (χ0n) is 12.6. The predicted molar refractivity (Wildman–Crippen MR) is 84.8 cm³/mol. The molecular formula is C17H24N2O. The summed E-state index contributed by atoms with van der Waals surface area (Å²) in [6.45, 7) is 6.58. The Labute approximate surface area is 121 Å². The highest BCUT2D eigenvalue weighted by atomic mass is 16.3. The summed E-state index contributed by atoms with van der Waals surface area (Å²) in [6.07, 6.45) is 0. The van der Waals surface area contributed by atoms with E-state index < -0.39 is 0 Å². The van der Waals surface area contributed by atoms with Crippen molar-refractivity contribution in [2.75, 3.05) is 20.1 Å². The number of nitrogens with two attached hydrogens (primary N) is 1. The minimum Gasteiger partial charge on any atom is -0.508 e. The largest absolute Gasteiger partial charge is 0.508 e. The first-order chi connectivity index (χ1) is 9.43. The Morgan fingerprint density at radius 1 is 1.15 bits per heavy atom. The molecule has 0 aromatic heterocycles. The van der Waals surface area contributed by atoms with Gasteiger partial charge in [-0.25, -0.2) is 0 Å². The lowest BCUT2D eigenvalue weighted by atomic mass is 9.93. The van der Waals surface area contributed by atoms with E-state index in [1.807, 2.05) is 18.2 Å². The number of fused-ring (bicyclic) bond motifs is 1. The minimum absolute atomic E-state index is 0.0783. The Morgan fingerprint density at radius 3 is 2.55 bits per heavy atom. The molecule has 2 rings (SSSR count).